The first-order chi connectivity index (χ1) is 9.54. The molecular formula is C16H21NO2S. The van der Waals surface area contributed by atoms with Crippen LogP contribution >= 0.6 is 0 Å². The van der Waals surface area contributed by atoms with E-state index in [9.17, 15) is 8.42 Å². The van der Waals surface area contributed by atoms with Gasteiger partial charge in [-0.15, -0.1) is 0 Å². The molecule has 0 N–H and O–H groups in total. The summed E-state index contributed by atoms with van der Waals surface area (Å²) >= 11 is 0. The van der Waals surface area contributed by atoms with Gasteiger partial charge in [0, 0.05) is 6.42 Å². The van der Waals surface area contributed by atoms with E-state index in [4.69, 9.17) is 6.57 Å². The Hall–Kier alpha value is -1.34. The molecule has 108 valence electrons. The van der Waals surface area contributed by atoms with Crippen LogP contribution in [0.2, 0.25) is 0 Å². The van der Waals surface area contributed by atoms with E-state index >= 15 is 0 Å². The molecule has 1 unspecified atom stereocenters. The van der Waals surface area contributed by atoms with Gasteiger partial charge in [-0.2, -0.15) is 0 Å². The predicted molar refractivity (Wildman–Crippen MR) is 79.9 cm³/mol. The Morgan fingerprint density at radius 1 is 1.20 bits per heavy atom. The molecule has 1 atom stereocenters. The van der Waals surface area contributed by atoms with Crippen molar-refractivity contribution in [1.29, 1.82) is 0 Å². The first-order valence-corrected chi connectivity index (χ1v) is 8.76. The van der Waals surface area contributed by atoms with E-state index in [0.717, 1.165) is 18.4 Å². The maximum Gasteiger partial charge on any atom is 0.325 e. The molecule has 1 fully saturated rings. The first-order valence-electron chi connectivity index (χ1n) is 7.21. The lowest BCUT2D eigenvalue weighted by atomic mass is 9.87. The van der Waals surface area contributed by atoms with Crippen LogP contribution in [0.5, 0.6) is 0 Å². The lowest BCUT2D eigenvalue weighted by Gasteiger charge is -2.21. The maximum absolute atomic E-state index is 12.5. The molecule has 0 aliphatic heterocycles. The van der Waals surface area contributed by atoms with Crippen LogP contribution in [0.25, 0.3) is 4.85 Å². The second-order valence-electron chi connectivity index (χ2n) is 5.68. The van der Waals surface area contributed by atoms with E-state index in [2.05, 4.69) is 4.85 Å². The number of hydrogen-bond donors (Lipinski definition) is 0. The average molecular weight is 291 g/mol. The Bertz CT molecular complexity index is 578. The number of aryl methyl sites for hydroxylation is 1. The van der Waals surface area contributed by atoms with E-state index in [1.807, 2.05) is 6.92 Å². The van der Waals surface area contributed by atoms with Gasteiger partial charge in [-0.25, -0.2) is 15.0 Å². The quantitative estimate of drug-likeness (QED) is 0.787. The standard InChI is InChI=1S/C16H21NO2S/c1-13-8-10-15(11-9-13)20(18,19)16(17-2)12-14-6-4-3-5-7-14/h8-11,14,16H,3-7,12H2,1H3. The summed E-state index contributed by atoms with van der Waals surface area (Å²) < 4.78 is 25.1. The fourth-order valence-corrected chi connectivity index (χ4v) is 4.34. The average Bonchev–Trinajstić information content (AvgIpc) is 2.46. The maximum atomic E-state index is 12.5. The second-order valence-corrected chi connectivity index (χ2v) is 7.79. The van der Waals surface area contributed by atoms with E-state index in [1.165, 1.54) is 19.3 Å². The Morgan fingerprint density at radius 3 is 2.35 bits per heavy atom. The van der Waals surface area contributed by atoms with Crippen LogP contribution in [-0.4, -0.2) is 13.8 Å². The van der Waals surface area contributed by atoms with Gasteiger partial charge in [0.25, 0.3) is 9.84 Å². The molecule has 2 rings (SSSR count). The van der Waals surface area contributed by atoms with Crippen molar-refractivity contribution < 1.29 is 8.42 Å². The minimum Gasteiger partial charge on any atom is -0.296 e. The van der Waals surface area contributed by atoms with Gasteiger partial charge in [-0.3, -0.25) is 4.85 Å². The summed E-state index contributed by atoms with van der Waals surface area (Å²) in [6, 6.07) is 6.80. The lowest BCUT2D eigenvalue weighted by Crippen LogP contribution is -2.22. The highest BCUT2D eigenvalue weighted by molar-refractivity contribution is 7.92. The molecule has 0 heterocycles. The van der Waals surface area contributed by atoms with Gasteiger partial charge in [-0.05, 0) is 25.0 Å². The molecule has 0 saturated heterocycles. The van der Waals surface area contributed by atoms with Gasteiger partial charge in [0.2, 0.25) is 0 Å². The van der Waals surface area contributed by atoms with Crippen molar-refractivity contribution >= 4 is 9.84 Å². The summed E-state index contributed by atoms with van der Waals surface area (Å²) in [6.45, 7) is 9.19. The third kappa shape index (κ3) is 3.40. The summed E-state index contributed by atoms with van der Waals surface area (Å²) in [5.41, 5.74) is 1.02. The molecule has 0 bridgehead atoms. The smallest absolute Gasteiger partial charge is 0.296 e. The van der Waals surface area contributed by atoms with Crippen LogP contribution < -0.4 is 0 Å². The highest BCUT2D eigenvalue weighted by Crippen LogP contribution is 2.31. The fourth-order valence-electron chi connectivity index (χ4n) is 2.84. The van der Waals surface area contributed by atoms with Gasteiger partial charge in [0.05, 0.1) is 4.90 Å². The predicted octanol–water partition coefficient (Wildman–Crippen LogP) is 3.98. The zero-order valence-corrected chi connectivity index (χ0v) is 12.7. The Balaban J connectivity index is 2.17. The molecule has 3 nitrogen and oxygen atoms in total. The number of sulfone groups is 1. The van der Waals surface area contributed by atoms with Crippen molar-refractivity contribution in [3.63, 3.8) is 0 Å². The zero-order valence-electron chi connectivity index (χ0n) is 11.9. The minimum absolute atomic E-state index is 0.278. The summed E-state index contributed by atoms with van der Waals surface area (Å²) in [7, 11) is -3.52. The van der Waals surface area contributed by atoms with Gasteiger partial charge < -0.3 is 0 Å². The highest BCUT2D eigenvalue weighted by atomic mass is 32.2. The van der Waals surface area contributed by atoms with Crippen LogP contribution in [0.3, 0.4) is 0 Å². The molecule has 1 saturated carbocycles. The highest BCUT2D eigenvalue weighted by Gasteiger charge is 2.35. The van der Waals surface area contributed by atoms with Crippen molar-refractivity contribution in [2.75, 3.05) is 0 Å². The summed E-state index contributed by atoms with van der Waals surface area (Å²) in [6.07, 6.45) is 6.19. The van der Waals surface area contributed by atoms with Crippen LogP contribution in [0, 0.1) is 19.4 Å². The minimum atomic E-state index is -3.52. The molecule has 1 aromatic carbocycles. The van der Waals surface area contributed by atoms with E-state index in [1.54, 1.807) is 24.3 Å². The van der Waals surface area contributed by atoms with Crippen LogP contribution in [0.15, 0.2) is 29.2 Å². The lowest BCUT2D eigenvalue weighted by molar-refractivity contribution is 0.340. The van der Waals surface area contributed by atoms with Gasteiger partial charge in [-0.1, -0.05) is 49.8 Å². The summed E-state index contributed by atoms with van der Waals surface area (Å²) in [5, 5.41) is -0.923. The zero-order chi connectivity index (χ0) is 14.6. The summed E-state index contributed by atoms with van der Waals surface area (Å²) in [5.74, 6) is 0.392. The molecular weight excluding hydrogens is 270 g/mol. The molecule has 1 aliphatic rings. The van der Waals surface area contributed by atoms with Crippen LogP contribution in [0.4, 0.5) is 0 Å². The molecule has 1 aliphatic carbocycles. The SMILES string of the molecule is [C-]#[N+]C(CC1CCCCC1)S(=O)(=O)c1ccc(C)cc1. The van der Waals surface area contributed by atoms with Crippen molar-refractivity contribution in [1.82, 2.24) is 0 Å². The van der Waals surface area contributed by atoms with Gasteiger partial charge in [0.1, 0.15) is 0 Å². The fraction of sp³-hybridized carbons (Fsp3) is 0.562. The molecule has 0 radical (unpaired) electrons. The van der Waals surface area contributed by atoms with Crippen molar-refractivity contribution in [3.8, 4) is 0 Å². The largest absolute Gasteiger partial charge is 0.325 e. The van der Waals surface area contributed by atoms with Gasteiger partial charge >= 0.3 is 5.37 Å². The molecule has 20 heavy (non-hydrogen) atoms. The van der Waals surface area contributed by atoms with Gasteiger partial charge in [0.15, 0.2) is 0 Å². The topological polar surface area (TPSA) is 38.5 Å². The Morgan fingerprint density at radius 2 is 1.80 bits per heavy atom. The van der Waals surface area contributed by atoms with E-state index in [0.29, 0.717) is 12.3 Å². The number of hydrogen-bond acceptors (Lipinski definition) is 2. The number of rotatable bonds is 4. The Labute approximate surface area is 121 Å². The van der Waals surface area contributed by atoms with Crippen LogP contribution in [0.1, 0.15) is 44.1 Å². The first kappa shape index (κ1) is 15.1. The third-order valence-corrected chi connectivity index (χ3v) is 6.05. The summed E-state index contributed by atoms with van der Waals surface area (Å²) in [4.78, 5) is 3.69. The normalized spacial score (nSPS) is 18.4. The molecule has 0 amide bonds. The second kappa shape index (κ2) is 6.41. The number of nitrogens with zero attached hydrogens (tertiary/aromatic N) is 1. The van der Waals surface area contributed by atoms with Crippen molar-refractivity contribution in [3.05, 3.63) is 41.2 Å². The molecule has 4 heteroatoms. The molecule has 0 spiro atoms. The monoisotopic (exact) mass is 291 g/mol. The van der Waals surface area contributed by atoms with E-state index < -0.39 is 15.2 Å². The third-order valence-electron chi connectivity index (χ3n) is 4.11. The Kier molecular flexibility index (Phi) is 4.82. The number of benzene rings is 1. The molecule has 1 aromatic rings. The van der Waals surface area contributed by atoms with Crippen molar-refractivity contribution in [2.24, 2.45) is 5.92 Å². The van der Waals surface area contributed by atoms with E-state index in [-0.39, 0.29) is 4.90 Å². The van der Waals surface area contributed by atoms with Crippen molar-refractivity contribution in [2.45, 2.75) is 55.7 Å². The molecule has 0 aromatic heterocycles. The van der Waals surface area contributed by atoms with Crippen LogP contribution in [-0.2, 0) is 9.84 Å².